The highest BCUT2D eigenvalue weighted by Crippen LogP contribution is 2.36. The summed E-state index contributed by atoms with van der Waals surface area (Å²) in [6.07, 6.45) is 0.403. The Labute approximate surface area is 125 Å². The van der Waals surface area contributed by atoms with E-state index < -0.39 is 0 Å². The van der Waals surface area contributed by atoms with Crippen molar-refractivity contribution in [1.29, 1.82) is 0 Å². The summed E-state index contributed by atoms with van der Waals surface area (Å²) in [6, 6.07) is 3.56. The van der Waals surface area contributed by atoms with Crippen LogP contribution in [0.3, 0.4) is 0 Å². The second-order valence-electron chi connectivity index (χ2n) is 5.46. The van der Waals surface area contributed by atoms with Gasteiger partial charge in [0, 0.05) is 31.6 Å². The molecule has 21 heavy (non-hydrogen) atoms. The fourth-order valence-corrected chi connectivity index (χ4v) is 1.97. The van der Waals surface area contributed by atoms with Gasteiger partial charge in [-0.2, -0.15) is 0 Å². The molecular formula is C15H23N3O3. The molecule has 1 aliphatic rings. The molecule has 2 rings (SSSR count). The average molecular weight is 293 g/mol. The number of benzene rings is 1. The van der Waals surface area contributed by atoms with E-state index in [1.807, 2.05) is 6.07 Å². The second-order valence-corrected chi connectivity index (χ2v) is 5.46. The lowest BCUT2D eigenvalue weighted by atomic mass is 10.2. The number of fused-ring (bicyclic) bond motifs is 1. The van der Waals surface area contributed by atoms with Crippen molar-refractivity contribution in [2.24, 2.45) is 5.92 Å². The molecule has 0 saturated heterocycles. The molecule has 1 amide bonds. The van der Waals surface area contributed by atoms with E-state index >= 15 is 0 Å². The van der Waals surface area contributed by atoms with E-state index in [0.29, 0.717) is 55.8 Å². The Bertz CT molecular complexity index is 503. The minimum atomic E-state index is 0.0346. The van der Waals surface area contributed by atoms with Crippen LogP contribution in [0.5, 0.6) is 11.5 Å². The van der Waals surface area contributed by atoms with Gasteiger partial charge < -0.3 is 25.8 Å². The van der Waals surface area contributed by atoms with Crippen LogP contribution in [0.25, 0.3) is 0 Å². The molecule has 6 heteroatoms. The lowest BCUT2D eigenvalue weighted by Gasteiger charge is -2.20. The van der Waals surface area contributed by atoms with Crippen LogP contribution < -0.4 is 25.8 Å². The van der Waals surface area contributed by atoms with Crippen LogP contribution in [0.2, 0.25) is 0 Å². The molecule has 1 aliphatic heterocycles. The van der Waals surface area contributed by atoms with Crippen LogP contribution in [0, 0.1) is 5.92 Å². The molecule has 4 N–H and O–H groups in total. The van der Waals surface area contributed by atoms with Crippen molar-refractivity contribution in [1.82, 2.24) is 5.32 Å². The van der Waals surface area contributed by atoms with Crippen molar-refractivity contribution in [3.05, 3.63) is 12.1 Å². The number of hydrogen-bond acceptors (Lipinski definition) is 5. The number of rotatable bonds is 6. The number of nitrogens with two attached hydrogens (primary N) is 1. The zero-order valence-corrected chi connectivity index (χ0v) is 12.6. The Kier molecular flexibility index (Phi) is 5.14. The number of carbonyl (C=O) groups is 1. The van der Waals surface area contributed by atoms with Gasteiger partial charge in [0.1, 0.15) is 13.2 Å². The van der Waals surface area contributed by atoms with E-state index in [1.54, 1.807) is 6.07 Å². The standard InChI is InChI=1S/C15H23N3O3/c1-10(2)9-18-15(19)3-4-17-12-8-14-13(7-11(12)16)20-5-6-21-14/h7-8,10,17H,3-6,9,16H2,1-2H3,(H,18,19). The molecule has 6 nitrogen and oxygen atoms in total. The van der Waals surface area contributed by atoms with Gasteiger partial charge in [0.25, 0.3) is 0 Å². The SMILES string of the molecule is CC(C)CNC(=O)CCNc1cc2c(cc1N)OCCO2. The fourth-order valence-electron chi connectivity index (χ4n) is 1.97. The highest BCUT2D eigenvalue weighted by Gasteiger charge is 2.14. The van der Waals surface area contributed by atoms with Gasteiger partial charge in [-0.1, -0.05) is 13.8 Å². The Morgan fingerprint density at radius 3 is 2.62 bits per heavy atom. The quantitative estimate of drug-likeness (QED) is 0.694. The lowest BCUT2D eigenvalue weighted by Crippen LogP contribution is -2.28. The Morgan fingerprint density at radius 1 is 1.29 bits per heavy atom. The van der Waals surface area contributed by atoms with E-state index in [2.05, 4.69) is 24.5 Å². The monoisotopic (exact) mass is 293 g/mol. The zero-order chi connectivity index (χ0) is 15.2. The molecule has 0 fully saturated rings. The maximum Gasteiger partial charge on any atom is 0.221 e. The van der Waals surface area contributed by atoms with E-state index in [9.17, 15) is 4.79 Å². The van der Waals surface area contributed by atoms with Gasteiger partial charge in [0.05, 0.1) is 11.4 Å². The van der Waals surface area contributed by atoms with Crippen molar-refractivity contribution in [2.75, 3.05) is 37.4 Å². The van der Waals surface area contributed by atoms with Crippen LogP contribution in [-0.2, 0) is 4.79 Å². The number of ether oxygens (including phenoxy) is 2. The summed E-state index contributed by atoms with van der Waals surface area (Å²) in [4.78, 5) is 11.6. The van der Waals surface area contributed by atoms with Crippen molar-refractivity contribution in [2.45, 2.75) is 20.3 Å². The third-order valence-corrected chi connectivity index (χ3v) is 3.09. The maximum absolute atomic E-state index is 11.6. The molecule has 0 aliphatic carbocycles. The molecule has 1 aromatic rings. The first-order valence-electron chi connectivity index (χ1n) is 7.26. The summed E-state index contributed by atoms with van der Waals surface area (Å²) in [5.41, 5.74) is 7.31. The van der Waals surface area contributed by atoms with Gasteiger partial charge in [0.15, 0.2) is 11.5 Å². The molecule has 0 radical (unpaired) electrons. The van der Waals surface area contributed by atoms with Gasteiger partial charge in [0.2, 0.25) is 5.91 Å². The highest BCUT2D eigenvalue weighted by atomic mass is 16.6. The van der Waals surface area contributed by atoms with Crippen molar-refractivity contribution in [3.63, 3.8) is 0 Å². The first-order chi connectivity index (χ1) is 10.1. The van der Waals surface area contributed by atoms with Gasteiger partial charge >= 0.3 is 0 Å². The third kappa shape index (κ3) is 4.44. The van der Waals surface area contributed by atoms with Crippen LogP contribution in [0.4, 0.5) is 11.4 Å². The van der Waals surface area contributed by atoms with E-state index in [-0.39, 0.29) is 5.91 Å². The Morgan fingerprint density at radius 2 is 1.95 bits per heavy atom. The number of anilines is 2. The summed E-state index contributed by atoms with van der Waals surface area (Å²) in [5.74, 6) is 1.84. The molecule has 0 saturated carbocycles. The summed E-state index contributed by atoms with van der Waals surface area (Å²) in [7, 11) is 0. The highest BCUT2D eigenvalue weighted by molar-refractivity contribution is 5.77. The molecule has 0 atom stereocenters. The van der Waals surface area contributed by atoms with Crippen LogP contribution >= 0.6 is 0 Å². The van der Waals surface area contributed by atoms with Crippen LogP contribution in [0.1, 0.15) is 20.3 Å². The van der Waals surface area contributed by atoms with E-state index in [4.69, 9.17) is 15.2 Å². The van der Waals surface area contributed by atoms with Gasteiger partial charge in [-0.15, -0.1) is 0 Å². The van der Waals surface area contributed by atoms with Gasteiger partial charge in [-0.3, -0.25) is 4.79 Å². The predicted octanol–water partition coefficient (Wildman–Crippen LogP) is 1.61. The number of nitrogens with one attached hydrogen (secondary N) is 2. The molecule has 0 aromatic heterocycles. The minimum absolute atomic E-state index is 0.0346. The number of hydrogen-bond donors (Lipinski definition) is 3. The normalized spacial score (nSPS) is 13.1. The Hall–Kier alpha value is -2.11. The number of nitrogen functional groups attached to an aromatic ring is 1. The summed E-state index contributed by atoms with van der Waals surface area (Å²) >= 11 is 0. The van der Waals surface area contributed by atoms with Crippen LogP contribution in [0.15, 0.2) is 12.1 Å². The zero-order valence-electron chi connectivity index (χ0n) is 12.6. The molecule has 0 unspecified atom stereocenters. The van der Waals surface area contributed by atoms with Crippen LogP contribution in [-0.4, -0.2) is 32.2 Å². The summed E-state index contributed by atoms with van der Waals surface area (Å²) in [6.45, 7) is 6.42. The first kappa shape index (κ1) is 15.3. The molecular weight excluding hydrogens is 270 g/mol. The van der Waals surface area contributed by atoms with Crippen molar-refractivity contribution < 1.29 is 14.3 Å². The molecule has 0 spiro atoms. The third-order valence-electron chi connectivity index (χ3n) is 3.09. The molecule has 1 aromatic carbocycles. The van der Waals surface area contributed by atoms with E-state index in [0.717, 1.165) is 5.69 Å². The molecule has 0 bridgehead atoms. The Balaban J connectivity index is 1.84. The van der Waals surface area contributed by atoms with E-state index in [1.165, 1.54) is 0 Å². The lowest BCUT2D eigenvalue weighted by molar-refractivity contribution is -0.120. The topological polar surface area (TPSA) is 85.6 Å². The summed E-state index contributed by atoms with van der Waals surface area (Å²) in [5, 5.41) is 6.04. The minimum Gasteiger partial charge on any atom is -0.486 e. The largest absolute Gasteiger partial charge is 0.486 e. The number of amides is 1. The van der Waals surface area contributed by atoms with Crippen molar-refractivity contribution >= 4 is 17.3 Å². The molecule has 116 valence electrons. The smallest absolute Gasteiger partial charge is 0.221 e. The second kappa shape index (κ2) is 7.06. The van der Waals surface area contributed by atoms with Crippen molar-refractivity contribution in [3.8, 4) is 11.5 Å². The molecule has 1 heterocycles. The maximum atomic E-state index is 11.6. The van der Waals surface area contributed by atoms with Gasteiger partial charge in [-0.05, 0) is 5.92 Å². The first-order valence-corrected chi connectivity index (χ1v) is 7.26. The fraction of sp³-hybridized carbons (Fsp3) is 0.533. The number of carbonyl (C=O) groups excluding carboxylic acids is 1. The van der Waals surface area contributed by atoms with Gasteiger partial charge in [-0.25, -0.2) is 0 Å². The predicted molar refractivity (Wildman–Crippen MR) is 82.8 cm³/mol. The summed E-state index contributed by atoms with van der Waals surface area (Å²) < 4.78 is 11.0. The average Bonchev–Trinajstić information content (AvgIpc) is 2.45.